The molecule has 0 spiro atoms. The summed E-state index contributed by atoms with van der Waals surface area (Å²) in [7, 11) is 0. The van der Waals surface area contributed by atoms with E-state index in [4.69, 9.17) is 5.73 Å². The van der Waals surface area contributed by atoms with Crippen LogP contribution in [-0.2, 0) is 6.18 Å². The molecule has 0 amide bonds. The Labute approximate surface area is 103 Å². The van der Waals surface area contributed by atoms with Crippen LogP contribution in [0.15, 0.2) is 42.5 Å². The average molecular weight is 251 g/mol. The standard InChI is InChI=1S/C14H12F3N/c1-9-6-11(8-13(18)7-9)10-2-4-12(5-3-10)14(15,16)17/h2-8H,18H2,1H3. The van der Waals surface area contributed by atoms with Crippen LogP contribution in [-0.4, -0.2) is 0 Å². The number of rotatable bonds is 1. The Balaban J connectivity index is 2.40. The summed E-state index contributed by atoms with van der Waals surface area (Å²) < 4.78 is 37.3. The van der Waals surface area contributed by atoms with Gasteiger partial charge < -0.3 is 5.73 Å². The Bertz CT molecular complexity index is 536. The van der Waals surface area contributed by atoms with Crippen LogP contribution in [0.1, 0.15) is 11.1 Å². The fraction of sp³-hybridized carbons (Fsp3) is 0.143. The van der Waals surface area contributed by atoms with Crippen LogP contribution in [0.5, 0.6) is 0 Å². The third-order valence-corrected chi connectivity index (χ3v) is 2.65. The van der Waals surface area contributed by atoms with Crippen molar-refractivity contribution in [3.63, 3.8) is 0 Å². The quantitative estimate of drug-likeness (QED) is 0.753. The molecule has 2 rings (SSSR count). The first-order valence-corrected chi connectivity index (χ1v) is 5.41. The van der Waals surface area contributed by atoms with E-state index in [1.54, 1.807) is 6.07 Å². The summed E-state index contributed by atoms with van der Waals surface area (Å²) in [6.07, 6.45) is -4.30. The topological polar surface area (TPSA) is 26.0 Å². The van der Waals surface area contributed by atoms with Crippen LogP contribution in [0.3, 0.4) is 0 Å². The van der Waals surface area contributed by atoms with Gasteiger partial charge in [-0.15, -0.1) is 0 Å². The lowest BCUT2D eigenvalue weighted by Gasteiger charge is -2.09. The number of alkyl halides is 3. The van der Waals surface area contributed by atoms with Crippen LogP contribution in [0.4, 0.5) is 18.9 Å². The van der Waals surface area contributed by atoms with Crippen LogP contribution < -0.4 is 5.73 Å². The van der Waals surface area contributed by atoms with Crippen molar-refractivity contribution in [2.24, 2.45) is 0 Å². The molecule has 0 atom stereocenters. The fourth-order valence-corrected chi connectivity index (χ4v) is 1.83. The van der Waals surface area contributed by atoms with Crippen molar-refractivity contribution >= 4 is 5.69 Å². The van der Waals surface area contributed by atoms with Gasteiger partial charge >= 0.3 is 6.18 Å². The molecule has 4 heteroatoms. The molecule has 1 nitrogen and oxygen atoms in total. The summed E-state index contributed by atoms with van der Waals surface area (Å²) in [6.45, 7) is 1.89. The van der Waals surface area contributed by atoms with Crippen molar-refractivity contribution in [1.29, 1.82) is 0 Å². The van der Waals surface area contributed by atoms with Crippen molar-refractivity contribution in [2.75, 3.05) is 5.73 Å². The van der Waals surface area contributed by atoms with Gasteiger partial charge in [-0.25, -0.2) is 0 Å². The second-order valence-electron chi connectivity index (χ2n) is 4.21. The summed E-state index contributed by atoms with van der Waals surface area (Å²) in [6, 6.07) is 10.5. The number of nitrogens with two attached hydrogens (primary N) is 1. The zero-order chi connectivity index (χ0) is 13.3. The number of nitrogen functional groups attached to an aromatic ring is 1. The number of benzene rings is 2. The highest BCUT2D eigenvalue weighted by Gasteiger charge is 2.29. The van der Waals surface area contributed by atoms with Crippen LogP contribution in [0.2, 0.25) is 0 Å². The number of aryl methyl sites for hydroxylation is 1. The van der Waals surface area contributed by atoms with Gasteiger partial charge in [-0.1, -0.05) is 18.2 Å². The lowest BCUT2D eigenvalue weighted by molar-refractivity contribution is -0.137. The maximum Gasteiger partial charge on any atom is 0.416 e. The molecular weight excluding hydrogens is 239 g/mol. The molecule has 94 valence electrons. The van der Waals surface area contributed by atoms with E-state index in [9.17, 15) is 13.2 Å². The predicted octanol–water partition coefficient (Wildman–Crippen LogP) is 4.26. The van der Waals surface area contributed by atoms with Gasteiger partial charge in [-0.3, -0.25) is 0 Å². The van der Waals surface area contributed by atoms with Crippen molar-refractivity contribution in [1.82, 2.24) is 0 Å². The molecule has 2 aromatic carbocycles. The Morgan fingerprint density at radius 3 is 2.00 bits per heavy atom. The maximum absolute atomic E-state index is 12.4. The number of hydrogen-bond acceptors (Lipinski definition) is 1. The second kappa shape index (κ2) is 4.37. The van der Waals surface area contributed by atoms with E-state index >= 15 is 0 Å². The molecule has 2 aromatic rings. The van der Waals surface area contributed by atoms with Crippen LogP contribution in [0.25, 0.3) is 11.1 Å². The fourth-order valence-electron chi connectivity index (χ4n) is 1.83. The van der Waals surface area contributed by atoms with Gasteiger partial charge in [0.25, 0.3) is 0 Å². The first kappa shape index (κ1) is 12.5. The van der Waals surface area contributed by atoms with E-state index < -0.39 is 11.7 Å². The predicted molar refractivity (Wildman–Crippen MR) is 66.0 cm³/mol. The van der Waals surface area contributed by atoms with Gasteiger partial charge in [0.05, 0.1) is 5.56 Å². The molecule has 0 aliphatic heterocycles. The lowest BCUT2D eigenvalue weighted by Crippen LogP contribution is -2.04. The maximum atomic E-state index is 12.4. The smallest absolute Gasteiger partial charge is 0.399 e. The minimum Gasteiger partial charge on any atom is -0.399 e. The largest absolute Gasteiger partial charge is 0.416 e. The molecule has 18 heavy (non-hydrogen) atoms. The van der Waals surface area contributed by atoms with Crippen LogP contribution in [0, 0.1) is 6.92 Å². The first-order valence-electron chi connectivity index (χ1n) is 5.41. The summed E-state index contributed by atoms with van der Waals surface area (Å²) in [5, 5.41) is 0. The zero-order valence-corrected chi connectivity index (χ0v) is 9.75. The third-order valence-electron chi connectivity index (χ3n) is 2.65. The summed E-state index contributed by atoms with van der Waals surface area (Å²) in [5.41, 5.74) is 8.19. The van der Waals surface area contributed by atoms with Crippen molar-refractivity contribution in [2.45, 2.75) is 13.1 Å². The molecule has 0 fully saturated rings. The molecular formula is C14H12F3N. The summed E-state index contributed by atoms with van der Waals surface area (Å²) in [5.74, 6) is 0. The van der Waals surface area contributed by atoms with E-state index in [1.165, 1.54) is 12.1 Å². The van der Waals surface area contributed by atoms with Crippen LogP contribution >= 0.6 is 0 Å². The molecule has 2 N–H and O–H groups in total. The Hall–Kier alpha value is -1.97. The van der Waals surface area contributed by atoms with E-state index in [-0.39, 0.29) is 0 Å². The Morgan fingerprint density at radius 1 is 0.889 bits per heavy atom. The average Bonchev–Trinajstić information content (AvgIpc) is 2.27. The minimum absolute atomic E-state index is 0.602. The van der Waals surface area contributed by atoms with Gasteiger partial charge in [0.15, 0.2) is 0 Å². The molecule has 0 aliphatic carbocycles. The molecule has 0 aliphatic rings. The van der Waals surface area contributed by atoms with Gasteiger partial charge in [-0.2, -0.15) is 13.2 Å². The highest BCUT2D eigenvalue weighted by Crippen LogP contribution is 2.31. The van der Waals surface area contributed by atoms with Gasteiger partial charge in [0, 0.05) is 5.69 Å². The number of hydrogen-bond donors (Lipinski definition) is 1. The molecule has 0 aromatic heterocycles. The Kier molecular flexibility index (Phi) is 3.03. The van der Waals surface area contributed by atoms with E-state index in [2.05, 4.69) is 0 Å². The van der Waals surface area contributed by atoms with Gasteiger partial charge in [0.1, 0.15) is 0 Å². The number of anilines is 1. The van der Waals surface area contributed by atoms with Crippen molar-refractivity contribution < 1.29 is 13.2 Å². The van der Waals surface area contributed by atoms with E-state index in [0.717, 1.165) is 28.8 Å². The lowest BCUT2D eigenvalue weighted by atomic mass is 10.0. The van der Waals surface area contributed by atoms with Crippen molar-refractivity contribution in [3.8, 4) is 11.1 Å². The minimum atomic E-state index is -4.30. The highest BCUT2D eigenvalue weighted by molar-refractivity contribution is 5.68. The molecule has 0 saturated carbocycles. The molecule has 0 unspecified atom stereocenters. The van der Waals surface area contributed by atoms with Crippen molar-refractivity contribution in [3.05, 3.63) is 53.6 Å². The number of halogens is 3. The molecule has 0 saturated heterocycles. The molecule has 0 radical (unpaired) electrons. The van der Waals surface area contributed by atoms with E-state index in [1.807, 2.05) is 19.1 Å². The third kappa shape index (κ3) is 2.64. The highest BCUT2D eigenvalue weighted by atomic mass is 19.4. The summed E-state index contributed by atoms with van der Waals surface area (Å²) >= 11 is 0. The Morgan fingerprint density at radius 2 is 1.50 bits per heavy atom. The van der Waals surface area contributed by atoms with Gasteiger partial charge in [-0.05, 0) is 47.9 Å². The monoisotopic (exact) mass is 251 g/mol. The molecule has 0 bridgehead atoms. The van der Waals surface area contributed by atoms with Gasteiger partial charge in [0.2, 0.25) is 0 Å². The second-order valence-corrected chi connectivity index (χ2v) is 4.21. The van der Waals surface area contributed by atoms with E-state index in [0.29, 0.717) is 5.69 Å². The molecule has 0 heterocycles. The summed E-state index contributed by atoms with van der Waals surface area (Å²) in [4.78, 5) is 0. The zero-order valence-electron chi connectivity index (χ0n) is 9.75. The first-order chi connectivity index (χ1) is 8.36. The SMILES string of the molecule is Cc1cc(N)cc(-c2ccc(C(F)(F)F)cc2)c1. The normalized spacial score (nSPS) is 11.6.